The standard InChI is InChI=1S/C13H15N3O/c1-17-11-5-3-10(4-6-11)12(9-14)13-15-7-2-8-16-13/h2-8,12H,9,14H2,1H3. The van der Waals surface area contributed by atoms with Crippen molar-refractivity contribution >= 4 is 0 Å². The molecule has 88 valence electrons. The van der Waals surface area contributed by atoms with Gasteiger partial charge < -0.3 is 10.5 Å². The summed E-state index contributed by atoms with van der Waals surface area (Å²) >= 11 is 0. The van der Waals surface area contributed by atoms with Crippen molar-refractivity contribution in [3.63, 3.8) is 0 Å². The van der Waals surface area contributed by atoms with Gasteiger partial charge in [0.1, 0.15) is 11.6 Å². The van der Waals surface area contributed by atoms with Gasteiger partial charge in [-0.2, -0.15) is 0 Å². The lowest BCUT2D eigenvalue weighted by Crippen LogP contribution is -2.16. The van der Waals surface area contributed by atoms with Crippen LogP contribution in [0, 0.1) is 0 Å². The molecule has 0 aliphatic heterocycles. The molecule has 0 saturated heterocycles. The highest BCUT2D eigenvalue weighted by Crippen LogP contribution is 2.22. The predicted octanol–water partition coefficient (Wildman–Crippen LogP) is 1.58. The van der Waals surface area contributed by atoms with E-state index in [0.29, 0.717) is 6.54 Å². The highest BCUT2D eigenvalue weighted by molar-refractivity contribution is 5.32. The van der Waals surface area contributed by atoms with Crippen LogP contribution in [-0.2, 0) is 0 Å². The fourth-order valence-electron chi connectivity index (χ4n) is 1.72. The average molecular weight is 229 g/mol. The van der Waals surface area contributed by atoms with E-state index in [1.807, 2.05) is 24.3 Å². The van der Waals surface area contributed by atoms with Crippen LogP contribution < -0.4 is 10.5 Å². The Morgan fingerprint density at radius 3 is 2.35 bits per heavy atom. The lowest BCUT2D eigenvalue weighted by molar-refractivity contribution is 0.414. The van der Waals surface area contributed by atoms with E-state index in [1.54, 1.807) is 25.6 Å². The van der Waals surface area contributed by atoms with Crippen LogP contribution in [0.15, 0.2) is 42.7 Å². The molecule has 0 fully saturated rings. The van der Waals surface area contributed by atoms with Gasteiger partial charge >= 0.3 is 0 Å². The fourth-order valence-corrected chi connectivity index (χ4v) is 1.72. The number of methoxy groups -OCH3 is 1. The van der Waals surface area contributed by atoms with Crippen molar-refractivity contribution in [2.45, 2.75) is 5.92 Å². The number of benzene rings is 1. The Morgan fingerprint density at radius 1 is 1.18 bits per heavy atom. The lowest BCUT2D eigenvalue weighted by Gasteiger charge is -2.13. The van der Waals surface area contributed by atoms with E-state index in [2.05, 4.69) is 9.97 Å². The largest absolute Gasteiger partial charge is 0.497 e. The molecule has 0 bridgehead atoms. The first-order chi connectivity index (χ1) is 8.35. The molecule has 0 radical (unpaired) electrons. The molecule has 0 saturated carbocycles. The lowest BCUT2D eigenvalue weighted by atomic mass is 9.98. The fraction of sp³-hybridized carbons (Fsp3) is 0.231. The summed E-state index contributed by atoms with van der Waals surface area (Å²) in [6.07, 6.45) is 3.46. The second-order valence-electron chi connectivity index (χ2n) is 3.67. The van der Waals surface area contributed by atoms with Crippen LogP contribution in [0.25, 0.3) is 0 Å². The summed E-state index contributed by atoms with van der Waals surface area (Å²) in [6, 6.07) is 9.62. The van der Waals surface area contributed by atoms with Crippen LogP contribution in [0.5, 0.6) is 5.75 Å². The van der Waals surface area contributed by atoms with Crippen molar-refractivity contribution in [2.75, 3.05) is 13.7 Å². The maximum absolute atomic E-state index is 5.80. The molecule has 0 aliphatic carbocycles. The second-order valence-corrected chi connectivity index (χ2v) is 3.67. The number of nitrogens with zero attached hydrogens (tertiary/aromatic N) is 2. The van der Waals surface area contributed by atoms with E-state index in [9.17, 15) is 0 Å². The zero-order valence-corrected chi connectivity index (χ0v) is 9.71. The summed E-state index contributed by atoms with van der Waals surface area (Å²) in [6.45, 7) is 0.482. The molecule has 1 aromatic carbocycles. The molecule has 2 N–H and O–H groups in total. The predicted molar refractivity (Wildman–Crippen MR) is 65.9 cm³/mol. The molecule has 1 unspecified atom stereocenters. The minimum atomic E-state index is 0.0297. The number of ether oxygens (including phenoxy) is 1. The molecule has 2 rings (SSSR count). The molecule has 0 amide bonds. The Bertz CT molecular complexity index is 456. The molecule has 1 aromatic heterocycles. The van der Waals surface area contributed by atoms with Gasteiger partial charge in [-0.1, -0.05) is 12.1 Å². The maximum atomic E-state index is 5.80. The molecular weight excluding hydrogens is 214 g/mol. The Morgan fingerprint density at radius 2 is 1.82 bits per heavy atom. The van der Waals surface area contributed by atoms with E-state index in [-0.39, 0.29) is 5.92 Å². The third-order valence-electron chi connectivity index (χ3n) is 2.65. The molecule has 2 aromatic rings. The molecule has 17 heavy (non-hydrogen) atoms. The SMILES string of the molecule is COc1ccc(C(CN)c2ncccn2)cc1. The van der Waals surface area contributed by atoms with Gasteiger partial charge in [-0.05, 0) is 23.8 Å². The van der Waals surface area contributed by atoms with E-state index in [1.165, 1.54) is 0 Å². The Kier molecular flexibility index (Phi) is 3.67. The van der Waals surface area contributed by atoms with Crippen molar-refractivity contribution < 1.29 is 4.74 Å². The van der Waals surface area contributed by atoms with Crippen molar-refractivity contribution in [1.29, 1.82) is 0 Å². The topological polar surface area (TPSA) is 61.0 Å². The zero-order chi connectivity index (χ0) is 12.1. The third-order valence-corrected chi connectivity index (χ3v) is 2.65. The van der Waals surface area contributed by atoms with Gasteiger partial charge in [-0.15, -0.1) is 0 Å². The van der Waals surface area contributed by atoms with Crippen LogP contribution in [0.3, 0.4) is 0 Å². The van der Waals surface area contributed by atoms with Gasteiger partial charge in [0.05, 0.1) is 13.0 Å². The Labute approximate surface area is 100 Å². The quantitative estimate of drug-likeness (QED) is 0.864. The van der Waals surface area contributed by atoms with Crippen LogP contribution >= 0.6 is 0 Å². The van der Waals surface area contributed by atoms with Crippen LogP contribution in [0.4, 0.5) is 0 Å². The summed E-state index contributed by atoms with van der Waals surface area (Å²) in [4.78, 5) is 8.49. The number of rotatable bonds is 4. The van der Waals surface area contributed by atoms with Gasteiger partial charge in [0.2, 0.25) is 0 Å². The summed E-state index contributed by atoms with van der Waals surface area (Å²) in [5, 5.41) is 0. The van der Waals surface area contributed by atoms with Crippen molar-refractivity contribution in [1.82, 2.24) is 9.97 Å². The molecule has 1 atom stereocenters. The van der Waals surface area contributed by atoms with Gasteiger partial charge in [0.15, 0.2) is 0 Å². The summed E-state index contributed by atoms with van der Waals surface area (Å²) < 4.78 is 5.13. The van der Waals surface area contributed by atoms with Crippen molar-refractivity contribution in [3.05, 3.63) is 54.1 Å². The first-order valence-electron chi connectivity index (χ1n) is 5.46. The molecule has 4 nitrogen and oxygen atoms in total. The van der Waals surface area contributed by atoms with E-state index < -0.39 is 0 Å². The summed E-state index contributed by atoms with van der Waals surface area (Å²) in [5.41, 5.74) is 6.89. The molecule has 1 heterocycles. The van der Waals surface area contributed by atoms with Crippen LogP contribution in [0.2, 0.25) is 0 Å². The monoisotopic (exact) mass is 229 g/mol. The van der Waals surface area contributed by atoms with Gasteiger partial charge in [-0.3, -0.25) is 0 Å². The molecule has 0 aliphatic rings. The van der Waals surface area contributed by atoms with Gasteiger partial charge in [-0.25, -0.2) is 9.97 Å². The average Bonchev–Trinajstić information content (AvgIpc) is 2.42. The smallest absolute Gasteiger partial charge is 0.136 e. The van der Waals surface area contributed by atoms with Crippen LogP contribution in [-0.4, -0.2) is 23.6 Å². The zero-order valence-electron chi connectivity index (χ0n) is 9.71. The number of hydrogen-bond donors (Lipinski definition) is 1. The van der Waals surface area contributed by atoms with E-state index in [4.69, 9.17) is 10.5 Å². The Balaban J connectivity index is 2.29. The van der Waals surface area contributed by atoms with Crippen LogP contribution in [0.1, 0.15) is 17.3 Å². The summed E-state index contributed by atoms with van der Waals surface area (Å²) in [5.74, 6) is 1.61. The first-order valence-corrected chi connectivity index (χ1v) is 5.46. The van der Waals surface area contributed by atoms with Gasteiger partial charge in [0, 0.05) is 18.9 Å². The van der Waals surface area contributed by atoms with E-state index in [0.717, 1.165) is 17.1 Å². The third kappa shape index (κ3) is 2.60. The minimum Gasteiger partial charge on any atom is -0.497 e. The number of aromatic nitrogens is 2. The molecule has 0 spiro atoms. The first kappa shape index (κ1) is 11.5. The highest BCUT2D eigenvalue weighted by atomic mass is 16.5. The Hall–Kier alpha value is -1.94. The number of hydrogen-bond acceptors (Lipinski definition) is 4. The maximum Gasteiger partial charge on any atom is 0.136 e. The number of nitrogens with two attached hydrogens (primary N) is 1. The second kappa shape index (κ2) is 5.41. The highest BCUT2D eigenvalue weighted by Gasteiger charge is 2.14. The normalized spacial score (nSPS) is 12.1. The summed E-state index contributed by atoms with van der Waals surface area (Å²) in [7, 11) is 1.65. The van der Waals surface area contributed by atoms with Gasteiger partial charge in [0.25, 0.3) is 0 Å². The minimum absolute atomic E-state index is 0.0297. The van der Waals surface area contributed by atoms with E-state index >= 15 is 0 Å². The van der Waals surface area contributed by atoms with Crippen molar-refractivity contribution in [2.24, 2.45) is 5.73 Å². The molecule has 4 heteroatoms. The molecular formula is C13H15N3O. The van der Waals surface area contributed by atoms with Crippen molar-refractivity contribution in [3.8, 4) is 5.75 Å².